The molecule has 1 aromatic carbocycles. The van der Waals surface area contributed by atoms with Gasteiger partial charge in [0.15, 0.2) is 0 Å². The number of hydrogen-bond acceptors (Lipinski definition) is 4. The lowest BCUT2D eigenvalue weighted by Crippen LogP contribution is -2.41. The van der Waals surface area contributed by atoms with E-state index in [1.54, 1.807) is 6.07 Å². The van der Waals surface area contributed by atoms with Gasteiger partial charge in [-0.15, -0.1) is 6.42 Å². The summed E-state index contributed by atoms with van der Waals surface area (Å²) in [4.78, 5) is 12.6. The molecule has 0 bridgehead atoms. The van der Waals surface area contributed by atoms with E-state index in [0.29, 0.717) is 11.1 Å². The Bertz CT molecular complexity index is 719. The summed E-state index contributed by atoms with van der Waals surface area (Å²) in [6, 6.07) is 3.59. The lowest BCUT2D eigenvalue weighted by atomic mass is 9.76. The van der Waals surface area contributed by atoms with Crippen molar-refractivity contribution in [1.82, 2.24) is 0 Å². The summed E-state index contributed by atoms with van der Waals surface area (Å²) in [7, 11) is -0.584. The first kappa shape index (κ1) is 19.6. The molecule has 0 spiro atoms. The van der Waals surface area contributed by atoms with Gasteiger partial charge >= 0.3 is 13.1 Å². The average Bonchev–Trinajstić information content (AvgIpc) is 2.65. The van der Waals surface area contributed by atoms with Gasteiger partial charge in [-0.2, -0.15) is 0 Å². The van der Waals surface area contributed by atoms with Crippen LogP contribution in [0.4, 0.5) is 0 Å². The fraction of sp³-hybridized carbons (Fsp3) is 0.550. The van der Waals surface area contributed by atoms with Gasteiger partial charge in [-0.1, -0.05) is 5.92 Å². The molecule has 0 amide bonds. The number of hydrogen-bond donors (Lipinski definition) is 0. The Kier molecular flexibility index (Phi) is 4.85. The molecule has 134 valence electrons. The van der Waals surface area contributed by atoms with Crippen molar-refractivity contribution in [1.29, 1.82) is 0 Å². The van der Waals surface area contributed by atoms with Crippen LogP contribution in [0.15, 0.2) is 12.1 Å². The number of benzene rings is 1. The summed E-state index contributed by atoms with van der Waals surface area (Å²) in [5, 5.41) is 0. The second-order valence-corrected chi connectivity index (χ2v) is 8.48. The molecule has 1 aliphatic heterocycles. The smallest absolute Gasteiger partial charge is 0.456 e. The number of carbonyl (C=O) groups is 1. The van der Waals surface area contributed by atoms with Crippen LogP contribution in [0.3, 0.4) is 0 Å². The predicted molar refractivity (Wildman–Crippen MR) is 100.0 cm³/mol. The third-order valence-corrected chi connectivity index (χ3v) is 4.73. The normalized spacial score (nSPS) is 18.8. The minimum Gasteiger partial charge on any atom is -0.456 e. The molecule has 5 heteroatoms. The van der Waals surface area contributed by atoms with Gasteiger partial charge < -0.3 is 14.0 Å². The van der Waals surface area contributed by atoms with E-state index in [0.717, 1.165) is 11.0 Å². The van der Waals surface area contributed by atoms with Crippen molar-refractivity contribution in [3.05, 3.63) is 28.8 Å². The molecule has 1 aliphatic rings. The number of ether oxygens (including phenoxy) is 1. The molecule has 0 radical (unpaired) electrons. The lowest BCUT2D eigenvalue weighted by Gasteiger charge is -2.32. The topological polar surface area (TPSA) is 44.8 Å². The van der Waals surface area contributed by atoms with Crippen LogP contribution >= 0.6 is 0 Å². The molecular formula is C20H27BO4. The zero-order valence-corrected chi connectivity index (χ0v) is 16.4. The molecule has 0 atom stereocenters. The van der Waals surface area contributed by atoms with Gasteiger partial charge in [0, 0.05) is 5.56 Å². The molecule has 2 rings (SSSR count). The van der Waals surface area contributed by atoms with Gasteiger partial charge in [0.05, 0.1) is 16.8 Å². The molecule has 0 N–H and O–H groups in total. The standard InChI is InChI=1S/C20H27BO4/c1-10-14-11-15(21-24-19(6,7)20(8,9)25-21)12-16(13(14)2)17(22)23-18(3,4)5/h1,11-12H,2-9H3. The van der Waals surface area contributed by atoms with Crippen LogP contribution in [-0.2, 0) is 14.0 Å². The van der Waals surface area contributed by atoms with E-state index in [-0.39, 0.29) is 0 Å². The Morgan fingerprint density at radius 3 is 2.12 bits per heavy atom. The molecule has 0 unspecified atom stereocenters. The second-order valence-electron chi connectivity index (χ2n) is 8.48. The fourth-order valence-electron chi connectivity index (χ4n) is 2.55. The van der Waals surface area contributed by atoms with Crippen LogP contribution in [0.1, 0.15) is 70.0 Å². The van der Waals surface area contributed by atoms with E-state index in [1.165, 1.54) is 0 Å². The Morgan fingerprint density at radius 2 is 1.68 bits per heavy atom. The van der Waals surface area contributed by atoms with Crippen molar-refractivity contribution < 1.29 is 18.8 Å². The third-order valence-electron chi connectivity index (χ3n) is 4.73. The van der Waals surface area contributed by atoms with Crippen LogP contribution in [-0.4, -0.2) is 29.9 Å². The average molecular weight is 342 g/mol. The summed E-state index contributed by atoms with van der Waals surface area (Å²) in [5.41, 5.74) is 0.994. The largest absolute Gasteiger partial charge is 0.494 e. The summed E-state index contributed by atoms with van der Waals surface area (Å²) in [6.07, 6.45) is 5.64. The van der Waals surface area contributed by atoms with Gasteiger partial charge in [-0.05, 0) is 78.5 Å². The minimum absolute atomic E-state index is 0.403. The molecule has 1 heterocycles. The highest BCUT2D eigenvalue weighted by Crippen LogP contribution is 2.36. The molecule has 0 saturated carbocycles. The van der Waals surface area contributed by atoms with Gasteiger partial charge in [0.25, 0.3) is 0 Å². The van der Waals surface area contributed by atoms with Gasteiger partial charge in [0.2, 0.25) is 0 Å². The van der Waals surface area contributed by atoms with Crippen molar-refractivity contribution in [2.24, 2.45) is 0 Å². The zero-order valence-electron chi connectivity index (χ0n) is 16.4. The Hall–Kier alpha value is -1.77. The number of terminal acetylenes is 1. The maximum Gasteiger partial charge on any atom is 0.494 e. The van der Waals surface area contributed by atoms with Crippen molar-refractivity contribution in [2.45, 2.75) is 72.2 Å². The summed E-state index contributed by atoms with van der Waals surface area (Å²) >= 11 is 0. The van der Waals surface area contributed by atoms with Crippen LogP contribution in [0.25, 0.3) is 0 Å². The maximum absolute atomic E-state index is 12.6. The van der Waals surface area contributed by atoms with Crippen molar-refractivity contribution >= 4 is 18.6 Å². The quantitative estimate of drug-likeness (QED) is 0.470. The number of esters is 1. The molecule has 4 nitrogen and oxygen atoms in total. The molecular weight excluding hydrogens is 315 g/mol. The molecule has 0 aliphatic carbocycles. The van der Waals surface area contributed by atoms with E-state index in [9.17, 15) is 4.79 Å². The van der Waals surface area contributed by atoms with E-state index in [1.807, 2.05) is 61.5 Å². The monoisotopic (exact) mass is 342 g/mol. The van der Waals surface area contributed by atoms with Gasteiger partial charge in [0.1, 0.15) is 5.60 Å². The maximum atomic E-state index is 12.6. The summed E-state index contributed by atoms with van der Waals surface area (Å²) in [5.74, 6) is 2.24. The van der Waals surface area contributed by atoms with Crippen LogP contribution < -0.4 is 5.46 Å². The highest BCUT2D eigenvalue weighted by atomic mass is 16.7. The van der Waals surface area contributed by atoms with Gasteiger partial charge in [-0.3, -0.25) is 0 Å². The lowest BCUT2D eigenvalue weighted by molar-refractivity contribution is 0.00578. The molecule has 1 fully saturated rings. The Labute approximate surface area is 151 Å². The van der Waals surface area contributed by atoms with Crippen LogP contribution in [0.5, 0.6) is 0 Å². The highest BCUT2D eigenvalue weighted by Gasteiger charge is 2.52. The number of carbonyl (C=O) groups excluding carboxylic acids is 1. The molecule has 1 saturated heterocycles. The predicted octanol–water partition coefficient (Wildman–Crippen LogP) is 3.23. The van der Waals surface area contributed by atoms with Crippen molar-refractivity contribution in [3.8, 4) is 12.3 Å². The molecule has 25 heavy (non-hydrogen) atoms. The SMILES string of the molecule is C#Cc1cc(B2OC(C)(C)C(C)(C)O2)cc(C(=O)OC(C)(C)C)c1C. The summed E-state index contributed by atoms with van der Waals surface area (Å²) < 4.78 is 17.7. The first-order valence-electron chi connectivity index (χ1n) is 8.47. The Morgan fingerprint density at radius 1 is 1.16 bits per heavy atom. The van der Waals surface area contributed by atoms with E-state index < -0.39 is 29.9 Å². The van der Waals surface area contributed by atoms with Crippen LogP contribution in [0.2, 0.25) is 0 Å². The fourth-order valence-corrected chi connectivity index (χ4v) is 2.55. The first-order chi connectivity index (χ1) is 11.3. The molecule has 0 aromatic heterocycles. The highest BCUT2D eigenvalue weighted by molar-refractivity contribution is 6.62. The summed E-state index contributed by atoms with van der Waals surface area (Å²) in [6.45, 7) is 15.3. The Balaban J connectivity index is 2.47. The van der Waals surface area contributed by atoms with Crippen molar-refractivity contribution in [3.63, 3.8) is 0 Å². The van der Waals surface area contributed by atoms with Crippen molar-refractivity contribution in [2.75, 3.05) is 0 Å². The minimum atomic E-state index is -0.584. The third kappa shape index (κ3) is 3.91. The number of rotatable bonds is 2. The zero-order chi connectivity index (χ0) is 19.2. The van der Waals surface area contributed by atoms with Gasteiger partial charge in [-0.25, -0.2) is 4.79 Å². The second kappa shape index (κ2) is 6.19. The van der Waals surface area contributed by atoms with E-state index in [4.69, 9.17) is 20.5 Å². The van der Waals surface area contributed by atoms with E-state index >= 15 is 0 Å². The molecule has 1 aromatic rings. The van der Waals surface area contributed by atoms with Crippen LogP contribution in [0, 0.1) is 19.3 Å². The first-order valence-corrected chi connectivity index (χ1v) is 8.47. The van der Waals surface area contributed by atoms with E-state index in [2.05, 4.69) is 5.92 Å².